The molecule has 8 nitrogen and oxygen atoms in total. The van der Waals surface area contributed by atoms with Crippen LogP contribution >= 0.6 is 0 Å². The maximum absolute atomic E-state index is 13.8. The highest BCUT2D eigenvalue weighted by molar-refractivity contribution is 5.85. The average Bonchev–Trinajstić information content (AvgIpc) is 2.87. The smallest absolute Gasteiger partial charge is 0.407 e. The molecular weight excluding hydrogens is 496 g/mol. The molecule has 0 heterocycles. The number of carboxylic acid groups (broad SMARTS) is 1. The normalized spacial score (nSPS) is 15.4. The van der Waals surface area contributed by atoms with Crippen LogP contribution in [0.1, 0.15) is 58.6 Å². The highest BCUT2D eigenvalue weighted by Crippen LogP contribution is 2.24. The molecule has 0 saturated heterocycles. The lowest BCUT2D eigenvalue weighted by atomic mass is 9.87. The van der Waals surface area contributed by atoms with Crippen LogP contribution in [0.25, 0.3) is 0 Å². The zero-order valence-electron chi connectivity index (χ0n) is 24.0. The SMILES string of the molecule is CC[C@H](C)[C@H](C(=O)O)N(C)C(=O)C(Cc1ccccc1)C[C@H](O)[C@H](Cc1ccccc1)NC(=O)OC(C)(C)C. The van der Waals surface area contributed by atoms with Gasteiger partial charge < -0.3 is 25.2 Å². The van der Waals surface area contributed by atoms with Gasteiger partial charge in [0.05, 0.1) is 12.1 Å². The van der Waals surface area contributed by atoms with Gasteiger partial charge >= 0.3 is 12.1 Å². The molecule has 8 heteroatoms. The van der Waals surface area contributed by atoms with Crippen LogP contribution in [0, 0.1) is 11.8 Å². The lowest BCUT2D eigenvalue weighted by molar-refractivity contribution is -0.153. The van der Waals surface area contributed by atoms with Crippen molar-refractivity contribution in [1.29, 1.82) is 0 Å². The second-order valence-corrected chi connectivity index (χ2v) is 11.2. The van der Waals surface area contributed by atoms with Crippen molar-refractivity contribution in [2.75, 3.05) is 7.05 Å². The molecule has 39 heavy (non-hydrogen) atoms. The van der Waals surface area contributed by atoms with Crippen LogP contribution < -0.4 is 5.32 Å². The van der Waals surface area contributed by atoms with Gasteiger partial charge in [-0.3, -0.25) is 4.79 Å². The zero-order chi connectivity index (χ0) is 29.2. The minimum atomic E-state index is -1.10. The van der Waals surface area contributed by atoms with Crippen molar-refractivity contribution in [1.82, 2.24) is 10.2 Å². The first kappa shape index (κ1) is 31.8. The highest BCUT2D eigenvalue weighted by Gasteiger charge is 2.36. The van der Waals surface area contributed by atoms with E-state index in [9.17, 15) is 24.6 Å². The maximum Gasteiger partial charge on any atom is 0.407 e. The van der Waals surface area contributed by atoms with Crippen LogP contribution in [0.2, 0.25) is 0 Å². The summed E-state index contributed by atoms with van der Waals surface area (Å²) in [5.74, 6) is -2.38. The van der Waals surface area contributed by atoms with E-state index in [0.717, 1.165) is 11.1 Å². The molecule has 214 valence electrons. The van der Waals surface area contributed by atoms with E-state index < -0.39 is 41.8 Å². The molecular formula is C31H44N2O6. The molecule has 5 atom stereocenters. The molecule has 2 aromatic rings. The lowest BCUT2D eigenvalue weighted by Gasteiger charge is -2.34. The Balaban J connectivity index is 2.36. The predicted octanol–water partition coefficient (Wildman–Crippen LogP) is 4.69. The molecule has 0 bridgehead atoms. The number of alkyl carbamates (subject to hydrolysis) is 1. The number of ether oxygens (including phenoxy) is 1. The van der Waals surface area contributed by atoms with Gasteiger partial charge in [-0.1, -0.05) is 80.9 Å². The van der Waals surface area contributed by atoms with Crippen LogP contribution in [0.3, 0.4) is 0 Å². The summed E-state index contributed by atoms with van der Waals surface area (Å²) in [5.41, 5.74) is 1.08. The Morgan fingerprint density at radius 3 is 1.92 bits per heavy atom. The van der Waals surface area contributed by atoms with Gasteiger partial charge in [-0.2, -0.15) is 0 Å². The van der Waals surface area contributed by atoms with Crippen molar-refractivity contribution in [3.8, 4) is 0 Å². The van der Waals surface area contributed by atoms with Gasteiger partial charge in [0, 0.05) is 13.0 Å². The first-order chi connectivity index (χ1) is 18.3. The number of likely N-dealkylation sites (N-methyl/N-ethyl adjacent to an activating group) is 1. The molecule has 0 spiro atoms. The fraction of sp³-hybridized carbons (Fsp3) is 0.516. The van der Waals surface area contributed by atoms with Crippen LogP contribution in [-0.2, 0) is 27.2 Å². The summed E-state index contributed by atoms with van der Waals surface area (Å²) in [6, 6.07) is 17.2. The third-order valence-electron chi connectivity index (χ3n) is 6.87. The summed E-state index contributed by atoms with van der Waals surface area (Å²) >= 11 is 0. The van der Waals surface area contributed by atoms with E-state index in [1.54, 1.807) is 20.8 Å². The van der Waals surface area contributed by atoms with Crippen molar-refractivity contribution in [2.45, 2.75) is 84.1 Å². The van der Waals surface area contributed by atoms with E-state index in [1.807, 2.05) is 74.5 Å². The molecule has 3 N–H and O–H groups in total. The molecule has 0 aliphatic heterocycles. The number of aliphatic carboxylic acids is 1. The number of nitrogens with zero attached hydrogens (tertiary/aromatic N) is 1. The number of hydrogen-bond acceptors (Lipinski definition) is 5. The molecule has 0 radical (unpaired) electrons. The standard InChI is InChI=1S/C31H44N2O6/c1-7-21(2)27(29(36)37)33(6)28(35)24(18-22-14-10-8-11-15-22)20-26(34)25(19-23-16-12-9-13-17-23)32-30(38)39-31(3,4)5/h8-17,21,24-27,34H,7,18-20H2,1-6H3,(H,32,38)(H,36,37)/t21-,24?,25-,26-,27+/m0/s1. The van der Waals surface area contributed by atoms with Crippen LogP contribution in [0.4, 0.5) is 4.79 Å². The Kier molecular flexibility index (Phi) is 12.0. The minimum absolute atomic E-state index is 0.0260. The lowest BCUT2D eigenvalue weighted by Crippen LogP contribution is -2.51. The Morgan fingerprint density at radius 2 is 1.46 bits per heavy atom. The van der Waals surface area contributed by atoms with Gasteiger partial charge in [-0.05, 0) is 57.1 Å². The van der Waals surface area contributed by atoms with Crippen molar-refractivity contribution in [2.24, 2.45) is 11.8 Å². The van der Waals surface area contributed by atoms with Crippen LogP contribution in [0.5, 0.6) is 0 Å². The molecule has 0 aliphatic carbocycles. The van der Waals surface area contributed by atoms with Gasteiger partial charge in [0.25, 0.3) is 0 Å². The molecule has 2 amide bonds. The van der Waals surface area contributed by atoms with E-state index in [1.165, 1.54) is 11.9 Å². The average molecular weight is 541 g/mol. The summed E-state index contributed by atoms with van der Waals surface area (Å²) in [7, 11) is 1.51. The van der Waals surface area contributed by atoms with Crippen LogP contribution in [0.15, 0.2) is 60.7 Å². The van der Waals surface area contributed by atoms with Gasteiger partial charge in [0.2, 0.25) is 5.91 Å². The first-order valence-electron chi connectivity index (χ1n) is 13.6. The predicted molar refractivity (Wildman–Crippen MR) is 151 cm³/mol. The molecule has 1 unspecified atom stereocenters. The van der Waals surface area contributed by atoms with Crippen molar-refractivity contribution in [3.05, 3.63) is 71.8 Å². The Labute approximate surface area is 232 Å². The second kappa shape index (κ2) is 14.7. The third kappa shape index (κ3) is 10.4. The van der Waals surface area contributed by atoms with Gasteiger partial charge in [-0.25, -0.2) is 9.59 Å². The van der Waals surface area contributed by atoms with E-state index in [0.29, 0.717) is 19.3 Å². The van der Waals surface area contributed by atoms with Gasteiger partial charge in [-0.15, -0.1) is 0 Å². The summed E-state index contributed by atoms with van der Waals surface area (Å²) in [6.07, 6.45) is -0.492. The van der Waals surface area contributed by atoms with Crippen molar-refractivity contribution < 1.29 is 29.3 Å². The van der Waals surface area contributed by atoms with E-state index in [4.69, 9.17) is 4.74 Å². The summed E-state index contributed by atoms with van der Waals surface area (Å²) in [5, 5.41) is 24.1. The minimum Gasteiger partial charge on any atom is -0.480 e. The van der Waals surface area contributed by atoms with E-state index in [-0.39, 0.29) is 18.2 Å². The first-order valence-corrected chi connectivity index (χ1v) is 13.6. The maximum atomic E-state index is 13.8. The molecule has 2 rings (SSSR count). The second-order valence-electron chi connectivity index (χ2n) is 11.2. The monoisotopic (exact) mass is 540 g/mol. The quantitative estimate of drug-likeness (QED) is 0.339. The molecule has 2 aromatic carbocycles. The summed E-state index contributed by atoms with van der Waals surface area (Å²) in [6.45, 7) is 8.98. The largest absolute Gasteiger partial charge is 0.480 e. The Morgan fingerprint density at radius 1 is 0.949 bits per heavy atom. The number of benzene rings is 2. The molecule has 0 aliphatic rings. The number of rotatable bonds is 13. The van der Waals surface area contributed by atoms with E-state index in [2.05, 4.69) is 5.32 Å². The molecule has 0 saturated carbocycles. The highest BCUT2D eigenvalue weighted by atomic mass is 16.6. The Hall–Kier alpha value is -3.39. The van der Waals surface area contributed by atoms with Gasteiger partial charge in [0.1, 0.15) is 11.6 Å². The molecule has 0 aromatic heterocycles. The van der Waals surface area contributed by atoms with Crippen LogP contribution in [-0.4, -0.2) is 63.9 Å². The number of carbonyl (C=O) groups excluding carboxylic acids is 2. The third-order valence-corrected chi connectivity index (χ3v) is 6.87. The van der Waals surface area contributed by atoms with Crippen molar-refractivity contribution in [3.63, 3.8) is 0 Å². The zero-order valence-corrected chi connectivity index (χ0v) is 24.0. The number of hydrogen-bond donors (Lipinski definition) is 3. The summed E-state index contributed by atoms with van der Waals surface area (Å²) < 4.78 is 5.44. The number of carbonyl (C=O) groups is 3. The molecule has 0 fully saturated rings. The number of nitrogens with one attached hydrogen (secondary N) is 1. The van der Waals surface area contributed by atoms with E-state index >= 15 is 0 Å². The number of aliphatic hydroxyl groups is 1. The fourth-order valence-electron chi connectivity index (χ4n) is 4.68. The number of amides is 2. The topological polar surface area (TPSA) is 116 Å². The number of carboxylic acids is 1. The van der Waals surface area contributed by atoms with Crippen molar-refractivity contribution >= 4 is 18.0 Å². The van der Waals surface area contributed by atoms with Gasteiger partial charge in [0.15, 0.2) is 0 Å². The summed E-state index contributed by atoms with van der Waals surface area (Å²) in [4.78, 5) is 39.8. The Bertz CT molecular complexity index is 1050. The number of aliphatic hydroxyl groups excluding tert-OH is 1. The fourth-order valence-corrected chi connectivity index (χ4v) is 4.68.